The number of rotatable bonds is 1. The predicted molar refractivity (Wildman–Crippen MR) is 68.1 cm³/mol. The molecule has 1 aromatic heterocycles. The summed E-state index contributed by atoms with van der Waals surface area (Å²) >= 11 is 1.59. The zero-order valence-electron chi connectivity index (χ0n) is 9.39. The second kappa shape index (κ2) is 4.31. The van der Waals surface area contributed by atoms with Gasteiger partial charge in [0.15, 0.2) is 0 Å². The van der Waals surface area contributed by atoms with Crippen molar-refractivity contribution in [1.29, 1.82) is 5.26 Å². The molecule has 0 fully saturated rings. The van der Waals surface area contributed by atoms with E-state index in [0.29, 0.717) is 5.92 Å². The van der Waals surface area contributed by atoms with E-state index in [0.717, 1.165) is 12.0 Å². The molecular weight excluding hydrogens is 228 g/mol. The number of hydrogen-bond donors (Lipinski definition) is 0. The summed E-state index contributed by atoms with van der Waals surface area (Å²) in [5, 5.41) is 8.93. The molecule has 3 heteroatoms. The van der Waals surface area contributed by atoms with Crippen molar-refractivity contribution < 1.29 is 0 Å². The smallest absolute Gasteiger partial charge is 0.0991 e. The van der Waals surface area contributed by atoms with Crippen LogP contribution in [0.25, 0.3) is 0 Å². The van der Waals surface area contributed by atoms with Gasteiger partial charge >= 0.3 is 0 Å². The van der Waals surface area contributed by atoms with Crippen molar-refractivity contribution in [2.45, 2.75) is 25.2 Å². The molecule has 0 spiro atoms. The van der Waals surface area contributed by atoms with E-state index in [1.165, 1.54) is 28.8 Å². The molecule has 1 aliphatic carbocycles. The first kappa shape index (κ1) is 10.5. The van der Waals surface area contributed by atoms with E-state index >= 15 is 0 Å². The minimum Gasteiger partial charge on any atom is -0.201 e. The molecule has 1 heterocycles. The first-order valence-electron chi connectivity index (χ1n) is 5.82. The highest BCUT2D eigenvalue weighted by molar-refractivity contribution is 7.05. The van der Waals surface area contributed by atoms with Gasteiger partial charge in [-0.05, 0) is 60.1 Å². The van der Waals surface area contributed by atoms with Gasteiger partial charge in [0.05, 0.1) is 11.6 Å². The molecule has 0 saturated carbocycles. The summed E-state index contributed by atoms with van der Waals surface area (Å²) in [6.07, 6.45) is 5.36. The first-order valence-corrected chi connectivity index (χ1v) is 6.59. The highest BCUT2D eigenvalue weighted by Gasteiger charge is 2.22. The Hall–Kier alpha value is -1.66. The Labute approximate surface area is 105 Å². The lowest BCUT2D eigenvalue weighted by Gasteiger charge is -2.24. The molecule has 0 radical (unpaired) electrons. The summed E-state index contributed by atoms with van der Waals surface area (Å²) < 4.78 is 4.19. The van der Waals surface area contributed by atoms with Gasteiger partial charge in [0.25, 0.3) is 0 Å². The molecule has 0 N–H and O–H groups in total. The van der Waals surface area contributed by atoms with Crippen molar-refractivity contribution in [3.8, 4) is 6.07 Å². The molecule has 2 nitrogen and oxygen atoms in total. The SMILES string of the molecule is N#Cc1ccc2c(c1)CCCC2c1ccns1. The van der Waals surface area contributed by atoms with Crippen molar-refractivity contribution in [3.63, 3.8) is 0 Å². The van der Waals surface area contributed by atoms with Gasteiger partial charge in [-0.2, -0.15) is 5.26 Å². The van der Waals surface area contributed by atoms with Gasteiger partial charge in [0, 0.05) is 17.0 Å². The van der Waals surface area contributed by atoms with Crippen molar-refractivity contribution >= 4 is 11.5 Å². The molecule has 1 unspecified atom stereocenters. The highest BCUT2D eigenvalue weighted by atomic mass is 32.1. The van der Waals surface area contributed by atoms with Crippen LogP contribution in [-0.4, -0.2) is 4.37 Å². The monoisotopic (exact) mass is 240 g/mol. The fourth-order valence-corrected chi connectivity index (χ4v) is 3.32. The molecule has 1 aliphatic rings. The van der Waals surface area contributed by atoms with E-state index < -0.39 is 0 Å². The van der Waals surface area contributed by atoms with Gasteiger partial charge in [-0.1, -0.05) is 6.07 Å². The molecule has 84 valence electrons. The zero-order valence-corrected chi connectivity index (χ0v) is 10.2. The van der Waals surface area contributed by atoms with Crippen LogP contribution < -0.4 is 0 Å². The fourth-order valence-electron chi connectivity index (χ4n) is 2.58. The standard InChI is InChI=1S/C14H12N2S/c15-9-10-4-5-12-11(8-10)2-1-3-13(12)14-6-7-16-17-14/h4-8,13H,1-3H2. The summed E-state index contributed by atoms with van der Waals surface area (Å²) in [6.45, 7) is 0. The second-order valence-corrected chi connectivity index (χ2v) is 5.25. The van der Waals surface area contributed by atoms with Crippen LogP contribution in [0.15, 0.2) is 30.5 Å². The predicted octanol–water partition coefficient (Wildman–Crippen LogP) is 3.48. The van der Waals surface area contributed by atoms with Gasteiger partial charge in [-0.15, -0.1) is 0 Å². The normalized spacial score (nSPS) is 18.4. The number of aryl methyl sites for hydroxylation is 1. The maximum atomic E-state index is 8.93. The summed E-state index contributed by atoms with van der Waals surface area (Å²) in [7, 11) is 0. The fraction of sp³-hybridized carbons (Fsp3) is 0.286. The highest BCUT2D eigenvalue weighted by Crippen LogP contribution is 2.38. The number of nitrogens with zero attached hydrogens (tertiary/aromatic N) is 2. The summed E-state index contributed by atoms with van der Waals surface area (Å²) in [6, 6.07) is 10.4. The van der Waals surface area contributed by atoms with E-state index in [-0.39, 0.29) is 0 Å². The van der Waals surface area contributed by atoms with Gasteiger partial charge < -0.3 is 0 Å². The molecule has 0 bridgehead atoms. The third-order valence-corrected chi connectivity index (χ3v) is 4.25. The Morgan fingerprint density at radius 3 is 3.06 bits per heavy atom. The molecule has 1 atom stereocenters. The van der Waals surface area contributed by atoms with Gasteiger partial charge in [0.2, 0.25) is 0 Å². The van der Waals surface area contributed by atoms with Crippen LogP contribution in [-0.2, 0) is 6.42 Å². The van der Waals surface area contributed by atoms with Crippen molar-refractivity contribution in [2.75, 3.05) is 0 Å². The van der Waals surface area contributed by atoms with E-state index in [1.54, 1.807) is 11.5 Å². The van der Waals surface area contributed by atoms with Crippen molar-refractivity contribution in [3.05, 3.63) is 52.0 Å². The number of aromatic nitrogens is 1. The summed E-state index contributed by atoms with van der Waals surface area (Å²) in [5.41, 5.74) is 3.50. The molecule has 2 aromatic rings. The quantitative estimate of drug-likeness (QED) is 0.765. The molecule has 3 rings (SSSR count). The molecule has 0 aliphatic heterocycles. The lowest BCUT2D eigenvalue weighted by Crippen LogP contribution is -2.10. The summed E-state index contributed by atoms with van der Waals surface area (Å²) in [4.78, 5) is 1.34. The maximum Gasteiger partial charge on any atom is 0.0991 e. The lowest BCUT2D eigenvalue weighted by molar-refractivity contribution is 0.622. The third-order valence-electron chi connectivity index (χ3n) is 3.39. The van der Waals surface area contributed by atoms with Crippen LogP contribution in [0.5, 0.6) is 0 Å². The van der Waals surface area contributed by atoms with Gasteiger partial charge in [-0.3, -0.25) is 0 Å². The number of benzene rings is 1. The van der Waals surface area contributed by atoms with Gasteiger partial charge in [-0.25, -0.2) is 4.37 Å². The average molecular weight is 240 g/mol. The van der Waals surface area contributed by atoms with E-state index in [4.69, 9.17) is 5.26 Å². The van der Waals surface area contributed by atoms with E-state index in [1.807, 2.05) is 18.3 Å². The largest absolute Gasteiger partial charge is 0.201 e. The minimum atomic E-state index is 0.485. The van der Waals surface area contributed by atoms with Crippen LogP contribution in [0, 0.1) is 11.3 Å². The number of nitriles is 1. The summed E-state index contributed by atoms with van der Waals surface area (Å²) in [5.74, 6) is 0.485. The number of fused-ring (bicyclic) bond motifs is 1. The molecule has 17 heavy (non-hydrogen) atoms. The molecule has 1 aromatic carbocycles. The van der Waals surface area contributed by atoms with Crippen LogP contribution in [0.4, 0.5) is 0 Å². The van der Waals surface area contributed by atoms with Crippen LogP contribution in [0.2, 0.25) is 0 Å². The van der Waals surface area contributed by atoms with Crippen LogP contribution >= 0.6 is 11.5 Å². The number of hydrogen-bond acceptors (Lipinski definition) is 3. The third kappa shape index (κ3) is 1.85. The topological polar surface area (TPSA) is 36.7 Å². The first-order chi connectivity index (χ1) is 8.38. The minimum absolute atomic E-state index is 0.485. The van der Waals surface area contributed by atoms with Crippen molar-refractivity contribution in [2.24, 2.45) is 0 Å². The van der Waals surface area contributed by atoms with E-state index in [2.05, 4.69) is 22.6 Å². The van der Waals surface area contributed by atoms with Crippen LogP contribution in [0.1, 0.15) is 40.3 Å². The molecule has 0 amide bonds. The Balaban J connectivity index is 2.06. The Morgan fingerprint density at radius 2 is 2.29 bits per heavy atom. The van der Waals surface area contributed by atoms with Crippen molar-refractivity contribution in [1.82, 2.24) is 4.37 Å². The molecule has 0 saturated heterocycles. The molecular formula is C14H12N2S. The van der Waals surface area contributed by atoms with E-state index in [9.17, 15) is 0 Å². The maximum absolute atomic E-state index is 8.93. The Bertz CT molecular complexity index is 566. The van der Waals surface area contributed by atoms with Crippen LogP contribution in [0.3, 0.4) is 0 Å². The lowest BCUT2D eigenvalue weighted by atomic mass is 9.81. The Kier molecular flexibility index (Phi) is 2.66. The second-order valence-electron chi connectivity index (χ2n) is 4.39. The zero-order chi connectivity index (χ0) is 11.7. The average Bonchev–Trinajstić information content (AvgIpc) is 2.91. The Morgan fingerprint density at radius 1 is 1.35 bits per heavy atom. The van der Waals surface area contributed by atoms with Gasteiger partial charge in [0.1, 0.15) is 0 Å².